The molecule has 0 saturated heterocycles. The minimum absolute atomic E-state index is 0. The zero-order valence-electron chi connectivity index (χ0n) is 6.55. The highest BCUT2D eigenvalue weighted by atomic mass is 16.1. The van der Waals surface area contributed by atoms with Crippen LogP contribution in [0.1, 0.15) is 18.1 Å². The maximum absolute atomic E-state index is 11.0. The molecule has 0 aromatic heterocycles. The minimum Gasteiger partial charge on any atom is -0.299 e. The molecule has 1 aromatic rings. The number of rotatable bonds is 0. The molecule has 0 atom stereocenters. The summed E-state index contributed by atoms with van der Waals surface area (Å²) in [5, 5.41) is 0. The summed E-state index contributed by atoms with van der Waals surface area (Å²) in [5.41, 5.74) is 3.70. The smallest absolute Gasteiger partial charge is 0.141 e. The third-order valence-corrected chi connectivity index (χ3v) is 2.14. The summed E-state index contributed by atoms with van der Waals surface area (Å²) in [7, 11) is 0. The molecule has 1 aliphatic carbocycles. The first-order valence-corrected chi connectivity index (χ1v) is 3.86. The van der Waals surface area contributed by atoms with Gasteiger partial charge in [-0.15, -0.1) is 0 Å². The third-order valence-electron chi connectivity index (χ3n) is 2.14. The van der Waals surface area contributed by atoms with E-state index in [1.807, 2.05) is 0 Å². The van der Waals surface area contributed by atoms with Gasteiger partial charge in [-0.3, -0.25) is 4.79 Å². The van der Waals surface area contributed by atoms with Gasteiger partial charge in [0.05, 0.1) is 0 Å². The summed E-state index contributed by atoms with van der Waals surface area (Å²) in [6, 6.07) is 6.24. The van der Waals surface area contributed by atoms with Gasteiger partial charge < -0.3 is 0 Å². The van der Waals surface area contributed by atoms with Crippen LogP contribution in [0.3, 0.4) is 0 Å². The molecule has 11 heavy (non-hydrogen) atoms. The second-order valence-electron chi connectivity index (χ2n) is 3.16. The van der Waals surface area contributed by atoms with E-state index in [0.29, 0.717) is 18.6 Å². The molecular formula is C10H12O. The quantitative estimate of drug-likeness (QED) is 0.549. The standard InChI is InChI=1S/C10H10O.H2/c1-7-2-3-8-5-10(11)6-9(8)4-7;/h2-4H,5-6H2,1H3;1H. The van der Waals surface area contributed by atoms with Crippen LogP contribution in [0.5, 0.6) is 0 Å². The lowest BCUT2D eigenvalue weighted by atomic mass is 10.1. The van der Waals surface area contributed by atoms with Gasteiger partial charge in [-0.25, -0.2) is 0 Å². The monoisotopic (exact) mass is 148 g/mol. The number of aryl methyl sites for hydroxylation is 1. The Bertz CT molecular complexity index is 318. The van der Waals surface area contributed by atoms with E-state index in [0.717, 1.165) is 0 Å². The van der Waals surface area contributed by atoms with E-state index >= 15 is 0 Å². The summed E-state index contributed by atoms with van der Waals surface area (Å²) in [4.78, 5) is 11.0. The van der Waals surface area contributed by atoms with Gasteiger partial charge in [0.25, 0.3) is 0 Å². The summed E-state index contributed by atoms with van der Waals surface area (Å²) < 4.78 is 0. The van der Waals surface area contributed by atoms with Gasteiger partial charge in [-0.2, -0.15) is 0 Å². The van der Waals surface area contributed by atoms with Crippen LogP contribution in [-0.4, -0.2) is 5.78 Å². The Morgan fingerprint density at radius 3 is 2.82 bits per heavy atom. The van der Waals surface area contributed by atoms with Crippen molar-refractivity contribution < 1.29 is 6.22 Å². The van der Waals surface area contributed by atoms with Gasteiger partial charge in [-0.1, -0.05) is 23.8 Å². The second kappa shape index (κ2) is 2.19. The lowest BCUT2D eigenvalue weighted by Gasteiger charge is -1.97. The number of hydrogen-bond acceptors (Lipinski definition) is 1. The molecule has 1 aliphatic rings. The summed E-state index contributed by atoms with van der Waals surface area (Å²) in [5.74, 6) is 0.352. The molecule has 0 heterocycles. The molecule has 0 aliphatic heterocycles. The summed E-state index contributed by atoms with van der Waals surface area (Å²) in [6.45, 7) is 2.06. The van der Waals surface area contributed by atoms with Crippen LogP contribution in [0.4, 0.5) is 0 Å². The van der Waals surface area contributed by atoms with E-state index in [9.17, 15) is 4.79 Å². The van der Waals surface area contributed by atoms with E-state index in [1.165, 1.54) is 16.7 Å². The van der Waals surface area contributed by atoms with Crippen LogP contribution in [0, 0.1) is 6.92 Å². The molecule has 1 aromatic carbocycles. The topological polar surface area (TPSA) is 17.1 Å². The number of carbonyl (C=O) groups excluding carboxylic acids is 1. The van der Waals surface area contributed by atoms with Gasteiger partial charge in [0, 0.05) is 14.3 Å². The Hall–Kier alpha value is -1.11. The molecule has 2 rings (SSSR count). The van der Waals surface area contributed by atoms with Crippen molar-refractivity contribution in [1.82, 2.24) is 0 Å². The van der Waals surface area contributed by atoms with Gasteiger partial charge in [0.15, 0.2) is 0 Å². The maximum Gasteiger partial charge on any atom is 0.141 e. The van der Waals surface area contributed by atoms with Crippen molar-refractivity contribution in [3.8, 4) is 0 Å². The minimum atomic E-state index is 0. The molecule has 58 valence electrons. The molecule has 0 radical (unpaired) electrons. The zero-order valence-corrected chi connectivity index (χ0v) is 6.55. The van der Waals surface area contributed by atoms with Crippen molar-refractivity contribution in [3.05, 3.63) is 34.9 Å². The first-order valence-electron chi connectivity index (χ1n) is 3.86. The van der Waals surface area contributed by atoms with Crippen LogP contribution in [0.15, 0.2) is 18.2 Å². The fourth-order valence-corrected chi connectivity index (χ4v) is 1.58. The van der Waals surface area contributed by atoms with Crippen molar-refractivity contribution in [3.63, 3.8) is 0 Å². The Kier molecular flexibility index (Phi) is 1.31. The molecule has 0 saturated carbocycles. The first kappa shape index (κ1) is 6.59. The molecule has 0 bridgehead atoms. The Morgan fingerprint density at radius 2 is 2.00 bits per heavy atom. The molecule has 0 amide bonds. The van der Waals surface area contributed by atoms with E-state index in [2.05, 4.69) is 25.1 Å². The summed E-state index contributed by atoms with van der Waals surface area (Å²) >= 11 is 0. The molecule has 0 spiro atoms. The van der Waals surface area contributed by atoms with Crippen LogP contribution in [0.25, 0.3) is 0 Å². The number of ketones is 1. The normalized spacial score (nSPS) is 15.2. The Morgan fingerprint density at radius 1 is 1.27 bits per heavy atom. The molecule has 0 N–H and O–H groups in total. The highest BCUT2D eigenvalue weighted by molar-refractivity contribution is 5.87. The second-order valence-corrected chi connectivity index (χ2v) is 3.16. The number of hydrogen-bond donors (Lipinski definition) is 0. The van der Waals surface area contributed by atoms with Crippen LogP contribution in [-0.2, 0) is 17.6 Å². The Balaban J connectivity index is 0.000000720. The Labute approximate surface area is 67.5 Å². The van der Waals surface area contributed by atoms with Crippen LogP contribution >= 0.6 is 0 Å². The highest BCUT2D eigenvalue weighted by Gasteiger charge is 2.17. The number of benzene rings is 1. The lowest BCUT2D eigenvalue weighted by molar-refractivity contribution is -0.117. The van der Waals surface area contributed by atoms with Crippen molar-refractivity contribution in [2.24, 2.45) is 0 Å². The number of fused-ring (bicyclic) bond motifs is 1. The van der Waals surface area contributed by atoms with Crippen molar-refractivity contribution in [1.29, 1.82) is 0 Å². The highest BCUT2D eigenvalue weighted by Crippen LogP contribution is 2.20. The zero-order chi connectivity index (χ0) is 7.84. The molecule has 1 nitrogen and oxygen atoms in total. The van der Waals surface area contributed by atoms with Gasteiger partial charge in [-0.05, 0) is 18.1 Å². The van der Waals surface area contributed by atoms with Crippen molar-refractivity contribution >= 4 is 5.78 Å². The third kappa shape index (κ3) is 1.07. The fraction of sp³-hybridized carbons (Fsp3) is 0.300. The van der Waals surface area contributed by atoms with Gasteiger partial charge >= 0.3 is 0 Å². The number of carbonyl (C=O) groups is 1. The fourth-order valence-electron chi connectivity index (χ4n) is 1.58. The maximum atomic E-state index is 11.0. The average Bonchev–Trinajstić information content (AvgIpc) is 2.27. The van der Waals surface area contributed by atoms with Crippen LogP contribution < -0.4 is 0 Å². The lowest BCUT2D eigenvalue weighted by Crippen LogP contribution is -1.92. The number of Topliss-reactive ketones (excluding diaryl/α,β-unsaturated/α-hetero) is 1. The van der Waals surface area contributed by atoms with E-state index in [4.69, 9.17) is 0 Å². The predicted octanol–water partition coefficient (Wildman–Crippen LogP) is 1.91. The SMILES string of the molecule is Cc1ccc2c(c1)CC(=O)C2.[HH]. The van der Waals surface area contributed by atoms with Crippen molar-refractivity contribution in [2.45, 2.75) is 19.8 Å². The van der Waals surface area contributed by atoms with Crippen LogP contribution in [0.2, 0.25) is 0 Å². The van der Waals surface area contributed by atoms with E-state index in [1.54, 1.807) is 0 Å². The van der Waals surface area contributed by atoms with E-state index < -0.39 is 0 Å². The van der Waals surface area contributed by atoms with Crippen molar-refractivity contribution in [2.75, 3.05) is 0 Å². The average molecular weight is 148 g/mol. The molecule has 0 unspecified atom stereocenters. The predicted molar refractivity (Wildman–Crippen MR) is 45.7 cm³/mol. The van der Waals surface area contributed by atoms with Gasteiger partial charge in [0.2, 0.25) is 0 Å². The summed E-state index contributed by atoms with van der Waals surface area (Å²) in [6.07, 6.45) is 1.30. The molecule has 0 fully saturated rings. The first-order chi connectivity index (χ1) is 5.25. The van der Waals surface area contributed by atoms with Gasteiger partial charge in [0.1, 0.15) is 5.78 Å². The molecule has 1 heteroatoms. The van der Waals surface area contributed by atoms with E-state index in [-0.39, 0.29) is 1.43 Å². The molecular weight excluding hydrogens is 136 g/mol. The largest absolute Gasteiger partial charge is 0.299 e.